The predicted octanol–water partition coefficient (Wildman–Crippen LogP) is -1.96. The van der Waals surface area contributed by atoms with Gasteiger partial charge in [0.05, 0.1) is 47.6 Å². The summed E-state index contributed by atoms with van der Waals surface area (Å²) < 4.78 is 0. The van der Waals surface area contributed by atoms with E-state index in [4.69, 9.17) is 5.73 Å². The summed E-state index contributed by atoms with van der Waals surface area (Å²) in [6.07, 6.45) is 8.67. The standard InChI is InChI=1S/C36H57N9O7/c1-18(46)40-26-11-3-7-20(26)32(48)42-27-12-4-8-21(27)33(49)45-30-17-39-15-24(30)36(52)43-28-13-5-9-22(28)34(50)44-29-16-38-14-23(29)35(51)41-25-10-2-6-19(25)31(37)47/h19-30,38-39H,2-17H2,1H3,(H2,37,47)(H,40,46)(H,41,51)(H,42,48)(H,43,52)(H,44,50)(H,45,49). The molecule has 0 spiro atoms. The molecular formula is C36H57N9O7. The van der Waals surface area contributed by atoms with Crippen LogP contribution in [0.1, 0.15) is 84.0 Å². The average Bonchev–Trinajstić information content (AvgIpc) is 3.93. The van der Waals surface area contributed by atoms with Gasteiger partial charge in [0.15, 0.2) is 0 Å². The lowest BCUT2D eigenvalue weighted by molar-refractivity contribution is -0.131. The van der Waals surface area contributed by atoms with Crippen molar-refractivity contribution < 1.29 is 33.6 Å². The highest BCUT2D eigenvalue weighted by molar-refractivity contribution is 5.88. The average molecular weight is 728 g/mol. The minimum Gasteiger partial charge on any atom is -0.369 e. The third-order valence-electron chi connectivity index (χ3n) is 12.6. The van der Waals surface area contributed by atoms with E-state index < -0.39 is 41.7 Å². The second kappa shape index (κ2) is 16.9. The largest absolute Gasteiger partial charge is 0.369 e. The van der Waals surface area contributed by atoms with E-state index in [9.17, 15) is 33.6 Å². The molecule has 0 aromatic carbocycles. The topological polar surface area (TPSA) is 242 Å². The number of hydrogen-bond donors (Lipinski definition) is 9. The van der Waals surface area contributed by atoms with Crippen LogP contribution in [-0.4, -0.2) is 104 Å². The zero-order valence-electron chi connectivity index (χ0n) is 30.2. The molecule has 0 radical (unpaired) electrons. The summed E-state index contributed by atoms with van der Waals surface area (Å²) in [5, 5.41) is 24.7. The smallest absolute Gasteiger partial charge is 0.226 e. The molecule has 10 N–H and O–H groups in total. The maximum atomic E-state index is 13.7. The number of carbonyl (C=O) groups is 7. The van der Waals surface area contributed by atoms with Gasteiger partial charge in [0.2, 0.25) is 41.4 Å². The molecule has 6 aliphatic rings. The SMILES string of the molecule is CC(=O)NC1CCCC1C(=O)NC1CCCC1C(=O)NC1CNCC1C(=O)NC1CCCC1C(=O)NC1CNCC1C(=O)NC1CCCC1C(N)=O. The van der Waals surface area contributed by atoms with Gasteiger partial charge in [-0.3, -0.25) is 33.6 Å². The van der Waals surface area contributed by atoms with Crippen LogP contribution in [0.2, 0.25) is 0 Å². The van der Waals surface area contributed by atoms with Crippen LogP contribution in [0.3, 0.4) is 0 Å². The van der Waals surface area contributed by atoms with E-state index in [0.29, 0.717) is 71.1 Å². The summed E-state index contributed by atoms with van der Waals surface area (Å²) in [5.41, 5.74) is 5.54. The quantitative estimate of drug-likeness (QED) is 0.108. The van der Waals surface area contributed by atoms with Gasteiger partial charge in [-0.25, -0.2) is 0 Å². The molecule has 4 saturated carbocycles. The molecule has 16 heteroatoms. The van der Waals surface area contributed by atoms with Gasteiger partial charge in [0, 0.05) is 57.3 Å². The minimum absolute atomic E-state index is 0.124. The maximum Gasteiger partial charge on any atom is 0.226 e. The Morgan fingerprint density at radius 3 is 1.08 bits per heavy atom. The van der Waals surface area contributed by atoms with Crippen molar-refractivity contribution in [2.75, 3.05) is 26.2 Å². The normalized spacial score (nSPS) is 36.9. The van der Waals surface area contributed by atoms with E-state index in [1.807, 2.05) is 0 Å². The van der Waals surface area contributed by atoms with Crippen molar-refractivity contribution >= 4 is 41.4 Å². The molecule has 288 valence electrons. The Labute approximate surface area is 304 Å². The summed E-state index contributed by atoms with van der Waals surface area (Å²) in [6.45, 7) is 3.12. The van der Waals surface area contributed by atoms with Gasteiger partial charge in [-0.2, -0.15) is 0 Å². The fourth-order valence-electron chi connectivity index (χ4n) is 9.73. The molecular weight excluding hydrogens is 670 g/mol. The molecule has 6 fully saturated rings. The molecule has 4 aliphatic carbocycles. The van der Waals surface area contributed by atoms with Gasteiger partial charge in [0.1, 0.15) is 0 Å². The fourth-order valence-corrected chi connectivity index (χ4v) is 9.73. The van der Waals surface area contributed by atoms with E-state index in [1.54, 1.807) is 0 Å². The van der Waals surface area contributed by atoms with Gasteiger partial charge in [-0.1, -0.05) is 25.7 Å². The van der Waals surface area contributed by atoms with Crippen LogP contribution in [0.25, 0.3) is 0 Å². The minimum atomic E-state index is -0.522. The van der Waals surface area contributed by atoms with E-state index >= 15 is 0 Å². The molecule has 7 amide bonds. The van der Waals surface area contributed by atoms with Gasteiger partial charge in [-0.05, 0) is 51.4 Å². The lowest BCUT2D eigenvalue weighted by Gasteiger charge is -2.28. The molecule has 52 heavy (non-hydrogen) atoms. The summed E-state index contributed by atoms with van der Waals surface area (Å²) >= 11 is 0. The van der Waals surface area contributed by atoms with Crippen LogP contribution >= 0.6 is 0 Å². The zero-order valence-corrected chi connectivity index (χ0v) is 30.2. The highest BCUT2D eigenvalue weighted by atomic mass is 16.2. The number of nitrogens with one attached hydrogen (secondary N) is 8. The fraction of sp³-hybridized carbons (Fsp3) is 0.806. The van der Waals surface area contributed by atoms with E-state index in [2.05, 4.69) is 42.5 Å². The molecule has 12 atom stereocenters. The highest BCUT2D eigenvalue weighted by Crippen LogP contribution is 2.31. The second-order valence-electron chi connectivity index (χ2n) is 16.0. The Balaban J connectivity index is 0.987. The Bertz CT molecular complexity index is 1400. The molecule has 2 heterocycles. The number of hydrogen-bond acceptors (Lipinski definition) is 9. The molecule has 2 aliphatic heterocycles. The van der Waals surface area contributed by atoms with Gasteiger partial charge in [0.25, 0.3) is 0 Å². The van der Waals surface area contributed by atoms with E-state index in [-0.39, 0.29) is 71.4 Å². The van der Waals surface area contributed by atoms with Crippen LogP contribution in [-0.2, 0) is 33.6 Å². The third-order valence-corrected chi connectivity index (χ3v) is 12.6. The van der Waals surface area contributed by atoms with Crippen molar-refractivity contribution in [2.24, 2.45) is 41.2 Å². The van der Waals surface area contributed by atoms with E-state index in [1.165, 1.54) is 6.92 Å². The maximum absolute atomic E-state index is 13.7. The third kappa shape index (κ3) is 8.70. The molecule has 0 bridgehead atoms. The van der Waals surface area contributed by atoms with Crippen molar-refractivity contribution in [3.63, 3.8) is 0 Å². The lowest BCUT2D eigenvalue weighted by Crippen LogP contribution is -2.54. The van der Waals surface area contributed by atoms with Crippen LogP contribution in [0.4, 0.5) is 0 Å². The van der Waals surface area contributed by atoms with Gasteiger partial charge >= 0.3 is 0 Å². The van der Waals surface area contributed by atoms with Gasteiger partial charge in [-0.15, -0.1) is 0 Å². The Morgan fingerprint density at radius 1 is 0.404 bits per heavy atom. The van der Waals surface area contributed by atoms with Crippen molar-refractivity contribution in [2.45, 2.75) is 120 Å². The number of rotatable bonds is 12. The zero-order chi connectivity index (χ0) is 36.9. The number of carbonyl (C=O) groups excluding carboxylic acids is 7. The molecule has 0 aromatic rings. The van der Waals surface area contributed by atoms with Crippen LogP contribution in [0, 0.1) is 35.5 Å². The summed E-state index contributed by atoms with van der Waals surface area (Å²) in [5.74, 6) is -4.04. The molecule has 2 saturated heterocycles. The second-order valence-corrected chi connectivity index (χ2v) is 16.0. The van der Waals surface area contributed by atoms with Crippen molar-refractivity contribution in [3.05, 3.63) is 0 Å². The summed E-state index contributed by atoms with van der Waals surface area (Å²) in [7, 11) is 0. The molecule has 6 rings (SSSR count). The number of primary amides is 1. The van der Waals surface area contributed by atoms with Crippen molar-refractivity contribution in [1.82, 2.24) is 42.5 Å². The lowest BCUT2D eigenvalue weighted by atomic mass is 9.95. The molecule has 12 unspecified atom stereocenters. The highest BCUT2D eigenvalue weighted by Gasteiger charge is 2.44. The Morgan fingerprint density at radius 2 is 0.712 bits per heavy atom. The first-order valence-electron chi connectivity index (χ1n) is 19.5. The predicted molar refractivity (Wildman–Crippen MR) is 189 cm³/mol. The van der Waals surface area contributed by atoms with Crippen LogP contribution in [0.15, 0.2) is 0 Å². The van der Waals surface area contributed by atoms with Crippen LogP contribution in [0.5, 0.6) is 0 Å². The monoisotopic (exact) mass is 727 g/mol. The first-order valence-corrected chi connectivity index (χ1v) is 19.5. The first-order chi connectivity index (χ1) is 25.0. The summed E-state index contributed by atoms with van der Waals surface area (Å²) in [4.78, 5) is 90.7. The van der Waals surface area contributed by atoms with Crippen molar-refractivity contribution in [1.29, 1.82) is 0 Å². The molecule has 0 aromatic heterocycles. The van der Waals surface area contributed by atoms with Crippen LogP contribution < -0.4 is 48.3 Å². The first kappa shape index (κ1) is 38.0. The Hall–Kier alpha value is -3.79. The van der Waals surface area contributed by atoms with E-state index in [0.717, 1.165) is 32.1 Å². The number of nitrogens with two attached hydrogens (primary N) is 1. The van der Waals surface area contributed by atoms with Crippen molar-refractivity contribution in [3.8, 4) is 0 Å². The Kier molecular flexibility index (Phi) is 12.3. The molecule has 16 nitrogen and oxygen atoms in total. The summed E-state index contributed by atoms with van der Waals surface area (Å²) in [6, 6.07) is -2.01. The number of amides is 7. The van der Waals surface area contributed by atoms with Gasteiger partial charge < -0.3 is 48.3 Å².